The van der Waals surface area contributed by atoms with Gasteiger partial charge in [-0.25, -0.2) is 4.79 Å². The average molecular weight is 339 g/mol. The highest BCUT2D eigenvalue weighted by molar-refractivity contribution is 5.97. The van der Waals surface area contributed by atoms with Gasteiger partial charge < -0.3 is 10.1 Å². The van der Waals surface area contributed by atoms with Crippen molar-refractivity contribution in [3.63, 3.8) is 0 Å². The highest BCUT2D eigenvalue weighted by atomic mass is 16.5. The van der Waals surface area contributed by atoms with Crippen LogP contribution in [-0.2, 0) is 14.9 Å². The first-order valence-electron chi connectivity index (χ1n) is 8.36. The summed E-state index contributed by atoms with van der Waals surface area (Å²) in [5.41, 5.74) is 3.37. The third-order valence-electron chi connectivity index (χ3n) is 3.96. The van der Waals surface area contributed by atoms with E-state index in [2.05, 4.69) is 26.1 Å². The SMILES string of the molecule is Cc1ccc(NC(=O)[C@H](C)OC(=O)c2ccc(C(C)(C)C)cc2)cc1. The van der Waals surface area contributed by atoms with E-state index in [4.69, 9.17) is 4.74 Å². The van der Waals surface area contributed by atoms with Crippen LogP contribution in [0.15, 0.2) is 48.5 Å². The Kier molecular flexibility index (Phi) is 5.62. The number of hydrogen-bond acceptors (Lipinski definition) is 3. The van der Waals surface area contributed by atoms with Crippen LogP contribution in [0.1, 0.15) is 49.2 Å². The summed E-state index contributed by atoms with van der Waals surface area (Å²) < 4.78 is 5.27. The highest BCUT2D eigenvalue weighted by Gasteiger charge is 2.20. The zero-order chi connectivity index (χ0) is 18.6. The average Bonchev–Trinajstić information content (AvgIpc) is 2.56. The molecule has 0 aromatic heterocycles. The van der Waals surface area contributed by atoms with E-state index in [0.29, 0.717) is 11.3 Å². The smallest absolute Gasteiger partial charge is 0.338 e. The number of carbonyl (C=O) groups is 2. The second-order valence-corrected chi connectivity index (χ2v) is 7.23. The lowest BCUT2D eigenvalue weighted by molar-refractivity contribution is -0.123. The first kappa shape index (κ1) is 18.7. The largest absolute Gasteiger partial charge is 0.449 e. The van der Waals surface area contributed by atoms with Crippen molar-refractivity contribution in [2.45, 2.75) is 46.1 Å². The molecule has 1 amide bonds. The van der Waals surface area contributed by atoms with Crippen LogP contribution in [0.25, 0.3) is 0 Å². The fraction of sp³-hybridized carbons (Fsp3) is 0.333. The first-order chi connectivity index (χ1) is 11.7. The Morgan fingerprint density at radius 3 is 2.04 bits per heavy atom. The van der Waals surface area contributed by atoms with Crippen LogP contribution in [0.2, 0.25) is 0 Å². The molecule has 0 unspecified atom stereocenters. The summed E-state index contributed by atoms with van der Waals surface area (Å²) in [6.07, 6.45) is -0.879. The van der Waals surface area contributed by atoms with E-state index in [-0.39, 0.29) is 11.3 Å². The summed E-state index contributed by atoms with van der Waals surface area (Å²) in [4.78, 5) is 24.4. The summed E-state index contributed by atoms with van der Waals surface area (Å²) in [7, 11) is 0. The number of amides is 1. The second-order valence-electron chi connectivity index (χ2n) is 7.23. The second kappa shape index (κ2) is 7.51. The molecule has 0 heterocycles. The standard InChI is InChI=1S/C21H25NO3/c1-14-6-12-18(13-7-14)22-19(23)15(2)25-20(24)16-8-10-17(11-9-16)21(3,4)5/h6-13,15H,1-5H3,(H,22,23)/t15-/m0/s1. The predicted molar refractivity (Wildman–Crippen MR) is 99.8 cm³/mol. The van der Waals surface area contributed by atoms with Crippen molar-refractivity contribution in [1.29, 1.82) is 0 Å². The summed E-state index contributed by atoms with van der Waals surface area (Å²) in [6.45, 7) is 9.86. The Morgan fingerprint density at radius 2 is 1.52 bits per heavy atom. The van der Waals surface area contributed by atoms with Crippen molar-refractivity contribution < 1.29 is 14.3 Å². The van der Waals surface area contributed by atoms with Crippen LogP contribution in [0.3, 0.4) is 0 Å². The summed E-state index contributed by atoms with van der Waals surface area (Å²) in [6, 6.07) is 14.7. The Balaban J connectivity index is 1.97. The number of ether oxygens (including phenoxy) is 1. The van der Waals surface area contributed by atoms with Gasteiger partial charge in [0.2, 0.25) is 0 Å². The summed E-state index contributed by atoms with van der Waals surface area (Å²) >= 11 is 0. The molecular weight excluding hydrogens is 314 g/mol. The minimum absolute atomic E-state index is 0.0175. The molecule has 0 bridgehead atoms. The quantitative estimate of drug-likeness (QED) is 0.836. The molecule has 2 aromatic rings. The molecule has 0 saturated carbocycles. The molecule has 1 atom stereocenters. The molecular formula is C21H25NO3. The number of carbonyl (C=O) groups excluding carboxylic acids is 2. The van der Waals surface area contributed by atoms with E-state index in [9.17, 15) is 9.59 Å². The molecule has 2 rings (SSSR count). The third-order valence-corrected chi connectivity index (χ3v) is 3.96. The van der Waals surface area contributed by atoms with Gasteiger partial charge in [-0.2, -0.15) is 0 Å². The van der Waals surface area contributed by atoms with Gasteiger partial charge in [-0.05, 0) is 49.1 Å². The van der Waals surface area contributed by atoms with E-state index in [1.807, 2.05) is 43.3 Å². The summed E-state index contributed by atoms with van der Waals surface area (Å²) in [5.74, 6) is -0.865. The van der Waals surface area contributed by atoms with Gasteiger partial charge in [-0.1, -0.05) is 50.6 Å². The maximum absolute atomic E-state index is 12.2. The van der Waals surface area contributed by atoms with E-state index in [1.165, 1.54) is 0 Å². The van der Waals surface area contributed by atoms with Crippen molar-refractivity contribution in [2.24, 2.45) is 0 Å². The van der Waals surface area contributed by atoms with Gasteiger partial charge in [0.15, 0.2) is 6.10 Å². The van der Waals surface area contributed by atoms with Crippen LogP contribution in [0.4, 0.5) is 5.69 Å². The number of rotatable bonds is 4. The Hall–Kier alpha value is -2.62. The van der Waals surface area contributed by atoms with Crippen LogP contribution >= 0.6 is 0 Å². The normalized spacial score (nSPS) is 12.4. The molecule has 0 fully saturated rings. The molecule has 0 aliphatic heterocycles. The van der Waals surface area contributed by atoms with Gasteiger partial charge in [-0.3, -0.25) is 4.79 Å². The zero-order valence-electron chi connectivity index (χ0n) is 15.4. The number of aryl methyl sites for hydroxylation is 1. The molecule has 1 N–H and O–H groups in total. The Bertz CT molecular complexity index is 740. The van der Waals surface area contributed by atoms with Crippen molar-refractivity contribution in [3.8, 4) is 0 Å². The molecule has 0 radical (unpaired) electrons. The number of esters is 1. The highest BCUT2D eigenvalue weighted by Crippen LogP contribution is 2.22. The maximum atomic E-state index is 12.2. The number of nitrogens with one attached hydrogen (secondary N) is 1. The topological polar surface area (TPSA) is 55.4 Å². The van der Waals surface area contributed by atoms with Crippen LogP contribution in [0, 0.1) is 6.92 Å². The van der Waals surface area contributed by atoms with Crippen molar-refractivity contribution >= 4 is 17.6 Å². The molecule has 0 saturated heterocycles. The predicted octanol–water partition coefficient (Wildman–Crippen LogP) is 4.48. The van der Waals surface area contributed by atoms with Gasteiger partial charge in [0.05, 0.1) is 5.56 Å². The molecule has 25 heavy (non-hydrogen) atoms. The Morgan fingerprint density at radius 1 is 0.960 bits per heavy atom. The lowest BCUT2D eigenvalue weighted by Gasteiger charge is -2.19. The van der Waals surface area contributed by atoms with E-state index < -0.39 is 12.1 Å². The van der Waals surface area contributed by atoms with Crippen molar-refractivity contribution in [1.82, 2.24) is 0 Å². The van der Waals surface area contributed by atoms with Crippen LogP contribution < -0.4 is 5.32 Å². The third kappa shape index (κ3) is 5.18. The molecule has 4 heteroatoms. The monoisotopic (exact) mass is 339 g/mol. The van der Waals surface area contributed by atoms with Crippen molar-refractivity contribution in [3.05, 3.63) is 65.2 Å². The number of benzene rings is 2. The van der Waals surface area contributed by atoms with Gasteiger partial charge in [-0.15, -0.1) is 0 Å². The molecule has 4 nitrogen and oxygen atoms in total. The van der Waals surface area contributed by atoms with Gasteiger partial charge >= 0.3 is 5.97 Å². The van der Waals surface area contributed by atoms with Crippen LogP contribution in [-0.4, -0.2) is 18.0 Å². The molecule has 2 aromatic carbocycles. The Labute approximate surface area is 149 Å². The molecule has 0 aliphatic carbocycles. The minimum atomic E-state index is -0.879. The minimum Gasteiger partial charge on any atom is -0.449 e. The van der Waals surface area contributed by atoms with Crippen molar-refractivity contribution in [2.75, 3.05) is 5.32 Å². The van der Waals surface area contributed by atoms with E-state index >= 15 is 0 Å². The number of anilines is 1. The van der Waals surface area contributed by atoms with Gasteiger partial charge in [0.25, 0.3) is 5.91 Å². The van der Waals surface area contributed by atoms with E-state index in [1.54, 1.807) is 19.1 Å². The lowest BCUT2D eigenvalue weighted by Crippen LogP contribution is -2.30. The van der Waals surface area contributed by atoms with Crippen LogP contribution in [0.5, 0.6) is 0 Å². The summed E-state index contributed by atoms with van der Waals surface area (Å²) in [5, 5.41) is 2.74. The first-order valence-corrected chi connectivity index (χ1v) is 8.36. The molecule has 0 aliphatic rings. The maximum Gasteiger partial charge on any atom is 0.338 e. The van der Waals surface area contributed by atoms with Gasteiger partial charge in [0, 0.05) is 5.69 Å². The van der Waals surface area contributed by atoms with E-state index in [0.717, 1.165) is 11.1 Å². The lowest BCUT2D eigenvalue weighted by atomic mass is 9.87. The number of hydrogen-bond donors (Lipinski definition) is 1. The molecule has 0 spiro atoms. The fourth-order valence-corrected chi connectivity index (χ4v) is 2.27. The molecule has 132 valence electrons. The van der Waals surface area contributed by atoms with Gasteiger partial charge in [0.1, 0.15) is 0 Å². The zero-order valence-corrected chi connectivity index (χ0v) is 15.4. The fourth-order valence-electron chi connectivity index (χ4n) is 2.27.